The standard InChI is InChI=1S/C17H20N2O5S/c1-11-9-12(5-7-14(11)19-25(4,21)22)17(20)18-15-8-6-13(23-2)10-16(15)24-3/h5-10,19H,1-4H3,(H,18,20). The van der Waals surface area contributed by atoms with Gasteiger partial charge in [-0.1, -0.05) is 0 Å². The third-order valence-electron chi connectivity index (χ3n) is 3.44. The second kappa shape index (κ2) is 7.43. The third-order valence-corrected chi connectivity index (χ3v) is 4.03. The summed E-state index contributed by atoms with van der Waals surface area (Å²) in [6.45, 7) is 1.72. The van der Waals surface area contributed by atoms with Crippen molar-refractivity contribution >= 4 is 27.3 Å². The van der Waals surface area contributed by atoms with Gasteiger partial charge in [0.05, 0.1) is 31.9 Å². The predicted molar refractivity (Wildman–Crippen MR) is 97.1 cm³/mol. The maximum atomic E-state index is 12.4. The summed E-state index contributed by atoms with van der Waals surface area (Å²) in [4.78, 5) is 12.4. The molecule has 0 spiro atoms. The fourth-order valence-corrected chi connectivity index (χ4v) is 2.84. The summed E-state index contributed by atoms with van der Waals surface area (Å²) in [6, 6.07) is 9.77. The van der Waals surface area contributed by atoms with E-state index in [4.69, 9.17) is 9.47 Å². The molecular formula is C17H20N2O5S. The van der Waals surface area contributed by atoms with Crippen LogP contribution in [0.15, 0.2) is 36.4 Å². The Morgan fingerprint density at radius 3 is 2.24 bits per heavy atom. The highest BCUT2D eigenvalue weighted by molar-refractivity contribution is 7.92. The van der Waals surface area contributed by atoms with Crippen LogP contribution in [0.3, 0.4) is 0 Å². The first-order valence-corrected chi connectivity index (χ1v) is 9.24. The molecule has 0 aliphatic carbocycles. The zero-order valence-corrected chi connectivity index (χ0v) is 15.2. The van der Waals surface area contributed by atoms with Crippen LogP contribution in [0.5, 0.6) is 11.5 Å². The Morgan fingerprint density at radius 1 is 1.00 bits per heavy atom. The molecule has 0 radical (unpaired) electrons. The highest BCUT2D eigenvalue weighted by atomic mass is 32.2. The number of methoxy groups -OCH3 is 2. The van der Waals surface area contributed by atoms with Gasteiger partial charge in [0.15, 0.2) is 0 Å². The lowest BCUT2D eigenvalue weighted by atomic mass is 10.1. The van der Waals surface area contributed by atoms with Crippen LogP contribution in [0.4, 0.5) is 11.4 Å². The van der Waals surface area contributed by atoms with Crippen molar-refractivity contribution in [1.82, 2.24) is 0 Å². The van der Waals surface area contributed by atoms with Gasteiger partial charge in [-0.25, -0.2) is 8.42 Å². The van der Waals surface area contributed by atoms with Crippen LogP contribution in [0.25, 0.3) is 0 Å². The van der Waals surface area contributed by atoms with E-state index in [2.05, 4.69) is 10.0 Å². The van der Waals surface area contributed by atoms with Gasteiger partial charge in [0.2, 0.25) is 10.0 Å². The predicted octanol–water partition coefficient (Wildman–Crippen LogP) is 2.64. The van der Waals surface area contributed by atoms with E-state index in [9.17, 15) is 13.2 Å². The molecule has 0 unspecified atom stereocenters. The zero-order chi connectivity index (χ0) is 18.6. The number of hydrogen-bond acceptors (Lipinski definition) is 5. The van der Waals surface area contributed by atoms with Crippen LogP contribution < -0.4 is 19.5 Å². The largest absolute Gasteiger partial charge is 0.497 e. The van der Waals surface area contributed by atoms with Gasteiger partial charge in [-0.2, -0.15) is 0 Å². The van der Waals surface area contributed by atoms with Gasteiger partial charge in [-0.05, 0) is 42.8 Å². The van der Waals surface area contributed by atoms with Crippen LogP contribution in [-0.2, 0) is 10.0 Å². The van der Waals surface area contributed by atoms with Gasteiger partial charge >= 0.3 is 0 Å². The third kappa shape index (κ3) is 4.87. The number of aryl methyl sites for hydroxylation is 1. The molecule has 8 heteroatoms. The normalized spacial score (nSPS) is 10.9. The molecule has 7 nitrogen and oxygen atoms in total. The highest BCUT2D eigenvalue weighted by Gasteiger charge is 2.13. The Bertz CT molecular complexity index is 894. The summed E-state index contributed by atoms with van der Waals surface area (Å²) >= 11 is 0. The number of carbonyl (C=O) groups excluding carboxylic acids is 1. The lowest BCUT2D eigenvalue weighted by Gasteiger charge is -2.13. The number of carbonyl (C=O) groups is 1. The van der Waals surface area contributed by atoms with Gasteiger partial charge in [0.1, 0.15) is 11.5 Å². The second-order valence-electron chi connectivity index (χ2n) is 5.42. The average molecular weight is 364 g/mol. The monoisotopic (exact) mass is 364 g/mol. The number of benzene rings is 2. The van der Waals surface area contributed by atoms with E-state index >= 15 is 0 Å². The molecule has 0 aromatic heterocycles. The lowest BCUT2D eigenvalue weighted by Crippen LogP contribution is -2.14. The SMILES string of the molecule is COc1ccc(NC(=O)c2ccc(NS(C)(=O)=O)c(C)c2)c(OC)c1. The number of anilines is 2. The molecule has 2 aromatic carbocycles. The minimum Gasteiger partial charge on any atom is -0.497 e. The van der Waals surface area contributed by atoms with E-state index in [1.54, 1.807) is 50.4 Å². The number of amides is 1. The first-order chi connectivity index (χ1) is 11.7. The summed E-state index contributed by atoms with van der Waals surface area (Å²) in [7, 11) is -0.332. The van der Waals surface area contributed by atoms with Crippen molar-refractivity contribution in [2.45, 2.75) is 6.92 Å². The van der Waals surface area contributed by atoms with E-state index in [0.717, 1.165) is 6.26 Å². The fourth-order valence-electron chi connectivity index (χ4n) is 2.22. The summed E-state index contributed by atoms with van der Waals surface area (Å²) in [6.07, 6.45) is 1.07. The zero-order valence-electron chi connectivity index (χ0n) is 14.4. The van der Waals surface area contributed by atoms with E-state index in [0.29, 0.717) is 34.0 Å². The van der Waals surface area contributed by atoms with Crippen molar-refractivity contribution in [1.29, 1.82) is 0 Å². The van der Waals surface area contributed by atoms with E-state index in [1.807, 2.05) is 0 Å². The molecule has 0 fully saturated rings. The Hall–Kier alpha value is -2.74. The fraction of sp³-hybridized carbons (Fsp3) is 0.235. The lowest BCUT2D eigenvalue weighted by molar-refractivity contribution is 0.102. The molecule has 0 bridgehead atoms. The topological polar surface area (TPSA) is 93.7 Å². The molecule has 0 atom stereocenters. The molecule has 2 rings (SSSR count). The summed E-state index contributed by atoms with van der Waals surface area (Å²) in [5, 5.41) is 2.77. The Kier molecular flexibility index (Phi) is 5.53. The van der Waals surface area contributed by atoms with Crippen LogP contribution >= 0.6 is 0 Å². The maximum Gasteiger partial charge on any atom is 0.255 e. The molecule has 0 aliphatic heterocycles. The molecule has 2 N–H and O–H groups in total. The summed E-state index contributed by atoms with van der Waals surface area (Å²) < 4.78 is 35.4. The van der Waals surface area contributed by atoms with Gasteiger partial charge in [0.25, 0.3) is 5.91 Å². The first kappa shape index (κ1) is 18.6. The average Bonchev–Trinajstić information content (AvgIpc) is 2.55. The number of rotatable bonds is 6. The van der Waals surface area contributed by atoms with Crippen molar-refractivity contribution in [3.8, 4) is 11.5 Å². The van der Waals surface area contributed by atoms with Crippen molar-refractivity contribution in [2.75, 3.05) is 30.5 Å². The molecule has 134 valence electrons. The number of hydrogen-bond donors (Lipinski definition) is 2. The first-order valence-electron chi connectivity index (χ1n) is 7.35. The molecule has 2 aromatic rings. The van der Waals surface area contributed by atoms with Gasteiger partial charge in [0, 0.05) is 11.6 Å². The van der Waals surface area contributed by atoms with Crippen molar-refractivity contribution in [3.63, 3.8) is 0 Å². The Balaban J connectivity index is 2.23. The van der Waals surface area contributed by atoms with Crippen LogP contribution in [0.1, 0.15) is 15.9 Å². The van der Waals surface area contributed by atoms with Crippen LogP contribution in [-0.4, -0.2) is 34.8 Å². The van der Waals surface area contributed by atoms with E-state index in [1.165, 1.54) is 7.11 Å². The second-order valence-corrected chi connectivity index (χ2v) is 7.17. The molecule has 0 saturated heterocycles. The van der Waals surface area contributed by atoms with Gasteiger partial charge in [-0.3, -0.25) is 9.52 Å². The number of nitrogens with one attached hydrogen (secondary N) is 2. The quantitative estimate of drug-likeness (QED) is 0.822. The van der Waals surface area contributed by atoms with Crippen LogP contribution in [0, 0.1) is 6.92 Å². The number of sulfonamides is 1. The molecule has 0 saturated carbocycles. The number of ether oxygens (including phenoxy) is 2. The van der Waals surface area contributed by atoms with Crippen LogP contribution in [0.2, 0.25) is 0 Å². The molecular weight excluding hydrogens is 344 g/mol. The summed E-state index contributed by atoms with van der Waals surface area (Å²) in [5.74, 6) is 0.749. The van der Waals surface area contributed by atoms with E-state index < -0.39 is 10.0 Å². The smallest absolute Gasteiger partial charge is 0.255 e. The highest BCUT2D eigenvalue weighted by Crippen LogP contribution is 2.29. The Morgan fingerprint density at radius 2 is 1.68 bits per heavy atom. The molecule has 0 heterocycles. The minimum atomic E-state index is -3.38. The van der Waals surface area contributed by atoms with Crippen molar-refractivity contribution in [3.05, 3.63) is 47.5 Å². The van der Waals surface area contributed by atoms with Gasteiger partial charge < -0.3 is 14.8 Å². The molecule has 0 aliphatic rings. The maximum absolute atomic E-state index is 12.4. The van der Waals surface area contributed by atoms with Gasteiger partial charge in [-0.15, -0.1) is 0 Å². The van der Waals surface area contributed by atoms with Crippen molar-refractivity contribution < 1.29 is 22.7 Å². The minimum absolute atomic E-state index is 0.336. The summed E-state index contributed by atoms with van der Waals surface area (Å²) in [5.41, 5.74) is 1.97. The molecule has 25 heavy (non-hydrogen) atoms. The van der Waals surface area contributed by atoms with Crippen molar-refractivity contribution in [2.24, 2.45) is 0 Å². The van der Waals surface area contributed by atoms with E-state index in [-0.39, 0.29) is 5.91 Å². The Labute approximate surface area is 147 Å². The molecule has 1 amide bonds.